The number of anilines is 1. The van der Waals surface area contributed by atoms with Gasteiger partial charge < -0.3 is 5.32 Å². The molecule has 3 rings (SSSR count). The maximum absolute atomic E-state index is 13.0. The Morgan fingerprint density at radius 1 is 0.889 bits per heavy atom. The molecule has 1 saturated heterocycles. The molecule has 4 heteroatoms. The summed E-state index contributed by atoms with van der Waals surface area (Å²) in [6.07, 6.45) is 9.62. The normalized spacial score (nSPS) is 16.1. The molecule has 1 amide bonds. The summed E-state index contributed by atoms with van der Waals surface area (Å²) in [5, 5.41) is 3.25. The van der Waals surface area contributed by atoms with Crippen LogP contribution in [0.2, 0.25) is 0 Å². The van der Waals surface area contributed by atoms with E-state index in [1.807, 2.05) is 0 Å². The first-order valence-electron chi connectivity index (χ1n) is 9.83. The van der Waals surface area contributed by atoms with E-state index in [-0.39, 0.29) is 38.6 Å². The van der Waals surface area contributed by atoms with Gasteiger partial charge in [-0.05, 0) is 56.2 Å². The van der Waals surface area contributed by atoms with Crippen molar-refractivity contribution in [1.29, 1.82) is 0 Å². The van der Waals surface area contributed by atoms with Crippen LogP contribution in [-0.2, 0) is 43.7 Å². The largest absolute Gasteiger partial charge is 0.322 e. The van der Waals surface area contributed by atoms with Crippen molar-refractivity contribution < 1.29 is 37.5 Å². The maximum Gasteiger partial charge on any atom is 0.261 e. The van der Waals surface area contributed by atoms with E-state index in [2.05, 4.69) is 67.7 Å². The van der Waals surface area contributed by atoms with Crippen LogP contribution in [0.1, 0.15) is 42.4 Å². The van der Waals surface area contributed by atoms with Gasteiger partial charge in [-0.1, -0.05) is 48.5 Å². The average Bonchev–Trinajstić information content (AvgIpc) is 2.85. The fourth-order valence-electron chi connectivity index (χ4n) is 4.20. The molecule has 1 aliphatic rings. The summed E-state index contributed by atoms with van der Waals surface area (Å²) in [5.74, 6) is 0.216. The molecule has 0 bridgehead atoms. The van der Waals surface area contributed by atoms with Gasteiger partial charge in [0.1, 0.15) is 6.16 Å². The number of aryl methyl sites for hydroxylation is 2. The number of amides is 1. The molecule has 2 aromatic rings. The molecule has 27 heavy (non-hydrogen) atoms. The Kier molecular flexibility index (Phi) is 9.13. The van der Waals surface area contributed by atoms with E-state index in [1.54, 1.807) is 0 Å². The van der Waals surface area contributed by atoms with Gasteiger partial charge >= 0.3 is 0 Å². The van der Waals surface area contributed by atoms with Crippen LogP contribution in [0.15, 0.2) is 48.5 Å². The molecule has 2 aromatic carbocycles. The van der Waals surface area contributed by atoms with Crippen molar-refractivity contribution in [2.45, 2.75) is 45.7 Å². The third-order valence-corrected chi connectivity index (χ3v) is 10.1. The van der Waals surface area contributed by atoms with E-state index in [0.29, 0.717) is 0 Å². The molecule has 141 valence electrons. The van der Waals surface area contributed by atoms with Crippen molar-refractivity contribution in [2.75, 3.05) is 23.8 Å². The molecular weight excluding hydrogens is 426 g/mol. The van der Waals surface area contributed by atoms with Crippen molar-refractivity contribution in [3.63, 3.8) is 0 Å². The van der Waals surface area contributed by atoms with Gasteiger partial charge in [0.25, 0.3) is 5.91 Å². The third kappa shape index (κ3) is 6.48. The molecule has 1 heterocycles. The second-order valence-electron chi connectivity index (χ2n) is 7.82. The third-order valence-electron chi connectivity index (χ3n) is 5.60. The van der Waals surface area contributed by atoms with Crippen molar-refractivity contribution >= 4 is 18.9 Å². The summed E-state index contributed by atoms with van der Waals surface area (Å²) in [4.78, 5) is 13.0. The fourth-order valence-corrected chi connectivity index (χ4v) is 8.63. The summed E-state index contributed by atoms with van der Waals surface area (Å²) in [5.41, 5.74) is 4.71. The molecule has 0 saturated carbocycles. The van der Waals surface area contributed by atoms with Crippen LogP contribution in [0.4, 0.5) is 5.69 Å². The number of rotatable bonds is 5. The molecule has 1 radical (unpaired) electrons. The molecule has 1 N–H and O–H groups in total. The zero-order chi connectivity index (χ0) is 18.4. The minimum Gasteiger partial charge on any atom is -0.322 e. The predicted octanol–water partition coefficient (Wildman–Crippen LogP) is 6.03. The van der Waals surface area contributed by atoms with Crippen LogP contribution in [-0.4, -0.2) is 24.4 Å². The number of nitrogens with one attached hydrogen (secondary N) is 1. The van der Waals surface area contributed by atoms with Gasteiger partial charge in [-0.25, -0.2) is 0 Å². The minimum absolute atomic E-state index is 0. The van der Waals surface area contributed by atoms with E-state index in [1.165, 1.54) is 43.6 Å². The van der Waals surface area contributed by atoms with Crippen molar-refractivity contribution in [2.24, 2.45) is 0 Å². The number of carbonyl (C=O) groups is 1. The summed E-state index contributed by atoms with van der Waals surface area (Å²) in [6, 6.07) is 17.0. The van der Waals surface area contributed by atoms with Crippen LogP contribution in [0.5, 0.6) is 0 Å². The smallest absolute Gasteiger partial charge is 0.261 e. The standard InChI is InChI=1S/C23H30NOP.Y/c1-19-11-10-12-20(2)23(19)24-22(25)18-26(15-8-3-4-9-16-26)17-21-13-6-5-7-14-21;/h5-7,10-14H,3-4,8-9,15-18H2,1-2H3;/p+1. The predicted molar refractivity (Wildman–Crippen MR) is 115 cm³/mol. The number of hydrogen-bond acceptors (Lipinski definition) is 1. The first-order valence-corrected chi connectivity index (χ1v) is 12.4. The van der Waals surface area contributed by atoms with Gasteiger partial charge in [-0.15, -0.1) is 0 Å². The molecule has 1 aliphatic heterocycles. The Balaban J connectivity index is 0.00000261. The van der Waals surface area contributed by atoms with Crippen molar-refractivity contribution in [3.05, 3.63) is 65.2 Å². The zero-order valence-electron chi connectivity index (χ0n) is 16.7. The number of hydrogen-bond donors (Lipinski definition) is 1. The molecule has 0 unspecified atom stereocenters. The van der Waals surface area contributed by atoms with Crippen molar-refractivity contribution in [1.82, 2.24) is 0 Å². The number of benzene rings is 2. The fraction of sp³-hybridized carbons (Fsp3) is 0.435. The first kappa shape index (κ1) is 22.7. The van der Waals surface area contributed by atoms with Gasteiger partial charge in [0, 0.05) is 45.7 Å². The van der Waals surface area contributed by atoms with Gasteiger partial charge in [0.05, 0.1) is 18.5 Å². The molecule has 0 spiro atoms. The van der Waals surface area contributed by atoms with Crippen molar-refractivity contribution in [3.8, 4) is 0 Å². The van der Waals surface area contributed by atoms with Gasteiger partial charge in [-0.2, -0.15) is 0 Å². The van der Waals surface area contributed by atoms with Crippen LogP contribution in [0.3, 0.4) is 0 Å². The first-order chi connectivity index (χ1) is 12.6. The average molecular weight is 457 g/mol. The molecule has 0 atom stereocenters. The maximum atomic E-state index is 13.0. The van der Waals surface area contributed by atoms with Gasteiger partial charge in [0.2, 0.25) is 0 Å². The monoisotopic (exact) mass is 457 g/mol. The second kappa shape index (κ2) is 10.8. The van der Waals surface area contributed by atoms with Crippen LogP contribution < -0.4 is 5.32 Å². The summed E-state index contributed by atoms with van der Waals surface area (Å²) in [6.45, 7) is 4.15. The quantitative estimate of drug-likeness (QED) is 0.546. The van der Waals surface area contributed by atoms with E-state index >= 15 is 0 Å². The van der Waals surface area contributed by atoms with E-state index in [0.717, 1.165) is 29.1 Å². The van der Waals surface area contributed by atoms with E-state index in [9.17, 15) is 4.79 Å². The molecular formula is C23H31NOPY+. The second-order valence-corrected chi connectivity index (χ2v) is 12.0. The summed E-state index contributed by atoms with van der Waals surface area (Å²) >= 11 is 0. The van der Waals surface area contributed by atoms with Crippen LogP contribution in [0, 0.1) is 13.8 Å². The Labute approximate surface area is 190 Å². The molecule has 1 fully saturated rings. The SMILES string of the molecule is Cc1cccc(C)c1NC(=O)C[P+]1(Cc2ccccc2)CCCCCC1.[Y]. The van der Waals surface area contributed by atoms with Gasteiger partial charge in [-0.3, -0.25) is 4.79 Å². The minimum atomic E-state index is -1.29. The molecule has 2 nitrogen and oxygen atoms in total. The summed E-state index contributed by atoms with van der Waals surface area (Å²) in [7, 11) is -1.29. The van der Waals surface area contributed by atoms with E-state index in [4.69, 9.17) is 0 Å². The Bertz CT molecular complexity index is 719. The molecule has 0 aliphatic carbocycles. The number of carbonyl (C=O) groups excluding carboxylic acids is 1. The topological polar surface area (TPSA) is 29.1 Å². The Morgan fingerprint density at radius 3 is 2.07 bits per heavy atom. The van der Waals surface area contributed by atoms with E-state index < -0.39 is 7.26 Å². The Hall–Kier alpha value is -0.556. The number of para-hydroxylation sites is 1. The molecule has 0 aromatic heterocycles. The zero-order valence-corrected chi connectivity index (χ0v) is 20.4. The van der Waals surface area contributed by atoms with Crippen LogP contribution >= 0.6 is 7.26 Å². The van der Waals surface area contributed by atoms with Gasteiger partial charge in [0.15, 0.2) is 0 Å². The summed E-state index contributed by atoms with van der Waals surface area (Å²) < 4.78 is 0. The Morgan fingerprint density at radius 2 is 1.48 bits per heavy atom. The van der Waals surface area contributed by atoms with Crippen LogP contribution in [0.25, 0.3) is 0 Å².